The van der Waals surface area contributed by atoms with E-state index in [0.29, 0.717) is 13.0 Å². The van der Waals surface area contributed by atoms with E-state index in [9.17, 15) is 13.2 Å². The van der Waals surface area contributed by atoms with Crippen LogP contribution < -0.4 is 0 Å². The Balaban J connectivity index is 1.84. The molecular weight excluding hydrogens is 296 g/mol. The molecule has 0 aromatic carbocycles. The van der Waals surface area contributed by atoms with Gasteiger partial charge >= 0.3 is 0 Å². The van der Waals surface area contributed by atoms with Gasteiger partial charge in [0.05, 0.1) is 18.1 Å². The molecule has 1 aromatic rings. The van der Waals surface area contributed by atoms with Crippen LogP contribution in [0.25, 0.3) is 0 Å². The molecule has 2 rings (SSSR count). The molecule has 1 fully saturated rings. The van der Waals surface area contributed by atoms with Gasteiger partial charge in [0.15, 0.2) is 9.84 Å². The van der Waals surface area contributed by atoms with E-state index in [4.69, 9.17) is 0 Å². The first kappa shape index (κ1) is 15.5. The third kappa shape index (κ3) is 4.04. The third-order valence-corrected chi connectivity index (χ3v) is 6.12. The molecule has 0 radical (unpaired) electrons. The zero-order valence-electron chi connectivity index (χ0n) is 11.8. The lowest BCUT2D eigenvalue weighted by Gasteiger charge is -2.25. The molecule has 1 aromatic heterocycles. The molecule has 7 heteroatoms. The van der Waals surface area contributed by atoms with Gasteiger partial charge in [-0.1, -0.05) is 0 Å². The number of nitrogens with zero attached hydrogens (tertiary/aromatic N) is 2. The number of likely N-dealkylation sites (N-methyl/N-ethyl adjacent to an activating group) is 2. The second-order valence-electron chi connectivity index (χ2n) is 5.35. The van der Waals surface area contributed by atoms with E-state index in [2.05, 4.69) is 0 Å². The normalized spacial score (nSPS) is 21.2. The highest BCUT2D eigenvalue weighted by atomic mass is 32.2. The van der Waals surface area contributed by atoms with Gasteiger partial charge in [0.25, 0.3) is 0 Å². The SMILES string of the molecule is CN(Cc1ccsc1)C(=O)CN(C)C1CCS(=O)(=O)C1. The van der Waals surface area contributed by atoms with Crippen LogP contribution in [-0.2, 0) is 21.2 Å². The summed E-state index contributed by atoms with van der Waals surface area (Å²) in [4.78, 5) is 15.7. The van der Waals surface area contributed by atoms with Gasteiger partial charge in [-0.15, -0.1) is 0 Å². The fourth-order valence-corrected chi connectivity index (χ4v) is 4.80. The fraction of sp³-hybridized carbons (Fsp3) is 0.615. The van der Waals surface area contributed by atoms with E-state index < -0.39 is 9.84 Å². The molecule has 1 aliphatic heterocycles. The van der Waals surface area contributed by atoms with Crippen molar-refractivity contribution in [2.75, 3.05) is 32.1 Å². The predicted molar refractivity (Wildman–Crippen MR) is 80.5 cm³/mol. The van der Waals surface area contributed by atoms with Crippen LogP contribution in [0.5, 0.6) is 0 Å². The molecule has 0 saturated carbocycles. The molecule has 0 N–H and O–H groups in total. The van der Waals surface area contributed by atoms with Crippen molar-refractivity contribution < 1.29 is 13.2 Å². The maximum absolute atomic E-state index is 12.1. The largest absolute Gasteiger partial charge is 0.340 e. The van der Waals surface area contributed by atoms with Crippen LogP contribution in [0.2, 0.25) is 0 Å². The van der Waals surface area contributed by atoms with Crippen LogP contribution in [0, 0.1) is 0 Å². The maximum Gasteiger partial charge on any atom is 0.236 e. The zero-order chi connectivity index (χ0) is 14.8. The Morgan fingerprint density at radius 2 is 2.20 bits per heavy atom. The summed E-state index contributed by atoms with van der Waals surface area (Å²) in [5.74, 6) is 0.425. The summed E-state index contributed by atoms with van der Waals surface area (Å²) in [6.45, 7) is 0.861. The molecule has 112 valence electrons. The van der Waals surface area contributed by atoms with Gasteiger partial charge < -0.3 is 4.90 Å². The monoisotopic (exact) mass is 316 g/mol. The Morgan fingerprint density at radius 1 is 1.45 bits per heavy atom. The summed E-state index contributed by atoms with van der Waals surface area (Å²) in [5.41, 5.74) is 1.12. The Labute approximate surface area is 124 Å². The van der Waals surface area contributed by atoms with Crippen LogP contribution >= 0.6 is 11.3 Å². The van der Waals surface area contributed by atoms with Crippen molar-refractivity contribution >= 4 is 27.1 Å². The average Bonchev–Trinajstić information content (AvgIpc) is 2.98. The van der Waals surface area contributed by atoms with Gasteiger partial charge in [0, 0.05) is 19.6 Å². The number of carbonyl (C=O) groups excluding carboxylic acids is 1. The number of rotatable bonds is 5. The molecule has 0 spiro atoms. The van der Waals surface area contributed by atoms with Gasteiger partial charge in [0.1, 0.15) is 0 Å². The summed E-state index contributed by atoms with van der Waals surface area (Å²) in [6.07, 6.45) is 0.625. The van der Waals surface area contributed by atoms with Crippen LogP contribution in [0.1, 0.15) is 12.0 Å². The smallest absolute Gasteiger partial charge is 0.236 e. The zero-order valence-corrected chi connectivity index (χ0v) is 13.4. The minimum Gasteiger partial charge on any atom is -0.340 e. The summed E-state index contributed by atoms with van der Waals surface area (Å²) in [5, 5.41) is 4.01. The van der Waals surface area contributed by atoms with Crippen LogP contribution in [0.3, 0.4) is 0 Å². The van der Waals surface area contributed by atoms with E-state index in [1.165, 1.54) is 0 Å². The first-order valence-electron chi connectivity index (χ1n) is 6.53. The second kappa shape index (κ2) is 6.24. The highest BCUT2D eigenvalue weighted by molar-refractivity contribution is 7.91. The predicted octanol–water partition coefficient (Wildman–Crippen LogP) is 0.825. The van der Waals surface area contributed by atoms with Crippen molar-refractivity contribution in [1.82, 2.24) is 9.80 Å². The molecule has 1 saturated heterocycles. The summed E-state index contributed by atoms with van der Waals surface area (Å²) >= 11 is 1.61. The quantitative estimate of drug-likeness (QED) is 0.807. The first-order chi connectivity index (χ1) is 9.37. The maximum atomic E-state index is 12.1. The molecule has 1 atom stereocenters. The van der Waals surface area contributed by atoms with Gasteiger partial charge in [-0.25, -0.2) is 8.42 Å². The number of hydrogen-bond acceptors (Lipinski definition) is 5. The Kier molecular flexibility index (Phi) is 4.82. The van der Waals surface area contributed by atoms with E-state index >= 15 is 0 Å². The van der Waals surface area contributed by atoms with Crippen molar-refractivity contribution in [2.24, 2.45) is 0 Å². The minimum atomic E-state index is -2.90. The minimum absolute atomic E-state index is 0.0167. The molecule has 0 aliphatic carbocycles. The molecule has 0 bridgehead atoms. The lowest BCUT2D eigenvalue weighted by atomic mass is 10.2. The summed E-state index contributed by atoms with van der Waals surface area (Å²) < 4.78 is 22.9. The first-order valence-corrected chi connectivity index (χ1v) is 9.29. The van der Waals surface area contributed by atoms with Gasteiger partial charge in [0.2, 0.25) is 5.91 Å². The van der Waals surface area contributed by atoms with Crippen LogP contribution in [0.4, 0.5) is 0 Å². The lowest BCUT2D eigenvalue weighted by Crippen LogP contribution is -2.41. The number of hydrogen-bond donors (Lipinski definition) is 0. The molecular formula is C13H20N2O3S2. The van der Waals surface area contributed by atoms with Gasteiger partial charge in [-0.2, -0.15) is 11.3 Å². The molecule has 20 heavy (non-hydrogen) atoms. The van der Waals surface area contributed by atoms with Crippen molar-refractivity contribution in [1.29, 1.82) is 0 Å². The van der Waals surface area contributed by atoms with Crippen LogP contribution in [-0.4, -0.2) is 62.3 Å². The van der Waals surface area contributed by atoms with Gasteiger partial charge in [-0.3, -0.25) is 9.69 Å². The fourth-order valence-electron chi connectivity index (χ4n) is 2.33. The van der Waals surface area contributed by atoms with E-state index in [0.717, 1.165) is 5.56 Å². The Bertz CT molecular complexity index is 554. The molecule has 2 heterocycles. The van der Waals surface area contributed by atoms with Crippen molar-refractivity contribution in [3.63, 3.8) is 0 Å². The van der Waals surface area contributed by atoms with E-state index in [1.54, 1.807) is 23.3 Å². The Morgan fingerprint density at radius 3 is 2.75 bits per heavy atom. The second-order valence-corrected chi connectivity index (χ2v) is 8.36. The highest BCUT2D eigenvalue weighted by Gasteiger charge is 2.31. The molecule has 1 unspecified atom stereocenters. The standard InChI is InChI=1S/C13H20N2O3S2/c1-14(12-4-6-20(17,18)10-12)8-13(16)15(2)7-11-3-5-19-9-11/h3,5,9,12H,4,6-8,10H2,1-2H3. The number of carbonyl (C=O) groups is 1. The third-order valence-electron chi connectivity index (χ3n) is 3.64. The lowest BCUT2D eigenvalue weighted by molar-refractivity contribution is -0.131. The molecule has 1 amide bonds. The average molecular weight is 316 g/mol. The Hall–Kier alpha value is -0.920. The number of thiophene rings is 1. The summed E-state index contributed by atoms with van der Waals surface area (Å²) in [7, 11) is 0.696. The topological polar surface area (TPSA) is 57.7 Å². The summed E-state index contributed by atoms with van der Waals surface area (Å²) in [6, 6.07) is 1.97. The highest BCUT2D eigenvalue weighted by Crippen LogP contribution is 2.16. The van der Waals surface area contributed by atoms with Gasteiger partial charge in [-0.05, 0) is 35.9 Å². The number of amides is 1. The van der Waals surface area contributed by atoms with E-state index in [1.807, 2.05) is 28.8 Å². The molecule has 5 nitrogen and oxygen atoms in total. The van der Waals surface area contributed by atoms with Crippen molar-refractivity contribution in [2.45, 2.75) is 19.0 Å². The van der Waals surface area contributed by atoms with E-state index in [-0.39, 0.29) is 30.0 Å². The van der Waals surface area contributed by atoms with Crippen molar-refractivity contribution in [3.05, 3.63) is 22.4 Å². The van der Waals surface area contributed by atoms with Crippen molar-refractivity contribution in [3.8, 4) is 0 Å². The molecule has 1 aliphatic rings. The number of sulfone groups is 1. The van der Waals surface area contributed by atoms with Crippen LogP contribution in [0.15, 0.2) is 16.8 Å².